The Kier molecular flexibility index (Phi) is 3.96. The van der Waals surface area contributed by atoms with Gasteiger partial charge in [0, 0.05) is 44.0 Å². The van der Waals surface area contributed by atoms with E-state index in [1.807, 2.05) is 12.3 Å². The molecule has 0 aliphatic heterocycles. The van der Waals surface area contributed by atoms with Crippen LogP contribution in [-0.2, 0) is 20.6 Å². The van der Waals surface area contributed by atoms with Crippen LogP contribution in [0.15, 0.2) is 27.2 Å². The second-order valence-electron chi connectivity index (χ2n) is 4.35. The van der Waals surface area contributed by atoms with E-state index < -0.39 is 0 Å². The van der Waals surface area contributed by atoms with E-state index in [1.54, 1.807) is 24.6 Å². The van der Waals surface area contributed by atoms with Gasteiger partial charge in [-0.2, -0.15) is 0 Å². The zero-order valence-electron chi connectivity index (χ0n) is 11.1. The summed E-state index contributed by atoms with van der Waals surface area (Å²) in [5.41, 5.74) is 0.0597. The van der Waals surface area contributed by atoms with E-state index in [0.29, 0.717) is 12.2 Å². The molecule has 0 radical (unpaired) electrons. The largest absolute Gasteiger partial charge is 0.330 e. The monoisotopic (exact) mass is 280 g/mol. The fourth-order valence-corrected chi connectivity index (χ4v) is 2.41. The Morgan fingerprint density at radius 3 is 2.74 bits per heavy atom. The number of rotatable bonds is 4. The molecule has 0 spiro atoms. The summed E-state index contributed by atoms with van der Waals surface area (Å²) in [5, 5.41) is 6.15. The summed E-state index contributed by atoms with van der Waals surface area (Å²) in [4.78, 5) is 27.6. The van der Waals surface area contributed by atoms with Crippen molar-refractivity contribution in [2.75, 3.05) is 0 Å². The average Bonchev–Trinajstić information content (AvgIpc) is 2.92. The Bertz CT molecular complexity index is 672. The molecule has 0 amide bonds. The maximum Gasteiger partial charge on any atom is 0.330 e. The Balaban J connectivity index is 2.17. The van der Waals surface area contributed by atoms with Crippen LogP contribution in [0.25, 0.3) is 0 Å². The molecule has 2 aromatic heterocycles. The van der Waals surface area contributed by atoms with Crippen LogP contribution in [-0.4, -0.2) is 14.1 Å². The Morgan fingerprint density at radius 2 is 2.11 bits per heavy atom. The number of hydrogen-bond donors (Lipinski definition) is 1. The van der Waals surface area contributed by atoms with Gasteiger partial charge in [-0.3, -0.25) is 13.9 Å². The maximum absolute atomic E-state index is 11.8. The first-order chi connectivity index (χ1) is 9.00. The van der Waals surface area contributed by atoms with Crippen LogP contribution in [0.3, 0.4) is 0 Å². The van der Waals surface area contributed by atoms with Crippen molar-refractivity contribution >= 4 is 11.3 Å². The highest BCUT2D eigenvalue weighted by Gasteiger charge is 2.10. The smallest absolute Gasteiger partial charge is 0.303 e. The van der Waals surface area contributed by atoms with Crippen LogP contribution < -0.4 is 16.6 Å². The molecule has 7 heteroatoms. The van der Waals surface area contributed by atoms with Gasteiger partial charge in [-0.15, -0.1) is 11.3 Å². The minimum absolute atomic E-state index is 0.0826. The van der Waals surface area contributed by atoms with E-state index in [4.69, 9.17) is 0 Å². The number of nitrogens with zero attached hydrogens (tertiary/aromatic N) is 3. The highest BCUT2D eigenvalue weighted by Crippen LogP contribution is 2.14. The Hall–Kier alpha value is -1.73. The molecule has 1 atom stereocenters. The van der Waals surface area contributed by atoms with E-state index in [2.05, 4.69) is 10.3 Å². The molecule has 0 aliphatic carbocycles. The second-order valence-corrected chi connectivity index (χ2v) is 5.27. The summed E-state index contributed by atoms with van der Waals surface area (Å²) in [6.45, 7) is 2.44. The second kappa shape index (κ2) is 5.50. The van der Waals surface area contributed by atoms with Gasteiger partial charge in [-0.1, -0.05) is 0 Å². The van der Waals surface area contributed by atoms with Crippen molar-refractivity contribution in [2.45, 2.75) is 19.5 Å². The molecule has 0 saturated heterocycles. The predicted molar refractivity (Wildman–Crippen MR) is 74.3 cm³/mol. The molecule has 0 saturated carbocycles. The number of aromatic nitrogens is 3. The zero-order chi connectivity index (χ0) is 14.0. The molecule has 102 valence electrons. The molecule has 0 aliphatic rings. The zero-order valence-corrected chi connectivity index (χ0v) is 11.9. The van der Waals surface area contributed by atoms with Crippen molar-refractivity contribution < 1.29 is 0 Å². The first-order valence-electron chi connectivity index (χ1n) is 5.89. The van der Waals surface area contributed by atoms with E-state index in [-0.39, 0.29) is 17.3 Å². The lowest BCUT2D eigenvalue weighted by Crippen LogP contribution is -2.39. The van der Waals surface area contributed by atoms with Gasteiger partial charge in [-0.05, 0) is 6.92 Å². The summed E-state index contributed by atoms with van der Waals surface area (Å²) < 4.78 is 2.57. The van der Waals surface area contributed by atoms with Gasteiger partial charge in [0.1, 0.15) is 5.01 Å². The summed E-state index contributed by atoms with van der Waals surface area (Å²) >= 11 is 1.57. The van der Waals surface area contributed by atoms with Crippen molar-refractivity contribution in [3.63, 3.8) is 0 Å². The van der Waals surface area contributed by atoms with Gasteiger partial charge in [-0.25, -0.2) is 9.78 Å². The molecular formula is C12H16N4O2S. The standard InChI is InChI=1S/C12H16N4O2S/c1-8(11-13-4-5-19-11)14-7-9-6-10(17)16(3)12(18)15(9)2/h4-6,8,14H,7H2,1-3H3. The highest BCUT2D eigenvalue weighted by molar-refractivity contribution is 7.09. The number of hydrogen-bond acceptors (Lipinski definition) is 5. The Labute approximate surface area is 114 Å². The van der Waals surface area contributed by atoms with Gasteiger partial charge in [0.05, 0.1) is 6.04 Å². The van der Waals surface area contributed by atoms with Crippen LogP contribution in [0.2, 0.25) is 0 Å². The third kappa shape index (κ3) is 2.82. The summed E-state index contributed by atoms with van der Waals surface area (Å²) in [6, 6.07) is 1.56. The Morgan fingerprint density at radius 1 is 1.37 bits per heavy atom. The van der Waals surface area contributed by atoms with E-state index in [9.17, 15) is 9.59 Å². The van der Waals surface area contributed by atoms with Crippen molar-refractivity contribution in [1.29, 1.82) is 0 Å². The minimum Gasteiger partial charge on any atom is -0.303 e. The molecule has 0 bridgehead atoms. The first kappa shape index (κ1) is 13.7. The van der Waals surface area contributed by atoms with Crippen LogP contribution in [0, 0.1) is 0 Å². The molecular weight excluding hydrogens is 264 g/mol. The highest BCUT2D eigenvalue weighted by atomic mass is 32.1. The third-order valence-electron chi connectivity index (χ3n) is 3.04. The van der Waals surface area contributed by atoms with Crippen LogP contribution in [0.1, 0.15) is 23.7 Å². The molecule has 1 N–H and O–H groups in total. The van der Waals surface area contributed by atoms with Crippen molar-refractivity contribution in [3.05, 3.63) is 49.2 Å². The molecule has 6 nitrogen and oxygen atoms in total. The lowest BCUT2D eigenvalue weighted by Gasteiger charge is -2.13. The van der Waals surface area contributed by atoms with Crippen molar-refractivity contribution in [1.82, 2.24) is 19.4 Å². The van der Waals surface area contributed by atoms with E-state index >= 15 is 0 Å². The molecule has 0 fully saturated rings. The van der Waals surface area contributed by atoms with Crippen LogP contribution in [0.4, 0.5) is 0 Å². The summed E-state index contributed by atoms with van der Waals surface area (Å²) in [7, 11) is 3.13. The van der Waals surface area contributed by atoms with Gasteiger partial charge in [0.15, 0.2) is 0 Å². The fourth-order valence-electron chi connectivity index (χ4n) is 1.74. The first-order valence-corrected chi connectivity index (χ1v) is 6.77. The number of thiazole rings is 1. The van der Waals surface area contributed by atoms with E-state index in [1.165, 1.54) is 17.7 Å². The predicted octanol–water partition coefficient (Wildman–Crippen LogP) is 0.391. The quantitative estimate of drug-likeness (QED) is 0.879. The third-order valence-corrected chi connectivity index (χ3v) is 3.99. The molecule has 1 unspecified atom stereocenters. The topological polar surface area (TPSA) is 68.9 Å². The lowest BCUT2D eigenvalue weighted by atomic mass is 10.3. The van der Waals surface area contributed by atoms with Crippen molar-refractivity contribution in [2.24, 2.45) is 14.1 Å². The SMILES string of the molecule is CC(NCc1cc(=O)n(C)c(=O)n1C)c1nccs1. The van der Waals surface area contributed by atoms with Crippen LogP contribution >= 0.6 is 11.3 Å². The summed E-state index contributed by atoms with van der Waals surface area (Å²) in [5.74, 6) is 0. The lowest BCUT2D eigenvalue weighted by molar-refractivity contribution is 0.538. The van der Waals surface area contributed by atoms with Gasteiger partial charge in [0.25, 0.3) is 5.56 Å². The normalized spacial score (nSPS) is 12.6. The van der Waals surface area contributed by atoms with Crippen molar-refractivity contribution in [3.8, 4) is 0 Å². The van der Waals surface area contributed by atoms with E-state index in [0.717, 1.165) is 9.57 Å². The fraction of sp³-hybridized carbons (Fsp3) is 0.417. The van der Waals surface area contributed by atoms with Gasteiger partial charge < -0.3 is 5.32 Å². The minimum atomic E-state index is -0.314. The molecule has 2 aromatic rings. The van der Waals surface area contributed by atoms with Gasteiger partial charge >= 0.3 is 5.69 Å². The number of nitrogens with one attached hydrogen (secondary N) is 1. The average molecular weight is 280 g/mol. The maximum atomic E-state index is 11.8. The molecule has 2 rings (SSSR count). The van der Waals surface area contributed by atoms with Crippen LogP contribution in [0.5, 0.6) is 0 Å². The molecule has 2 heterocycles. The van der Waals surface area contributed by atoms with Gasteiger partial charge in [0.2, 0.25) is 0 Å². The summed E-state index contributed by atoms with van der Waals surface area (Å²) in [6.07, 6.45) is 1.76. The molecule has 19 heavy (non-hydrogen) atoms. The molecule has 0 aromatic carbocycles.